The minimum absolute atomic E-state index is 0.0121. The Labute approximate surface area is 127 Å². The number of nitro groups is 1. The van der Waals surface area contributed by atoms with Gasteiger partial charge in [-0.25, -0.2) is 8.42 Å². The van der Waals surface area contributed by atoms with Crippen LogP contribution in [0.25, 0.3) is 0 Å². The van der Waals surface area contributed by atoms with Crippen LogP contribution in [0.5, 0.6) is 5.75 Å². The summed E-state index contributed by atoms with van der Waals surface area (Å²) < 4.78 is 33.2. The molecule has 0 fully saturated rings. The van der Waals surface area contributed by atoms with Crippen LogP contribution < -0.4 is 4.74 Å². The highest BCUT2D eigenvalue weighted by Gasteiger charge is 2.23. The van der Waals surface area contributed by atoms with Crippen LogP contribution in [0, 0.1) is 17.0 Å². The molecule has 0 saturated heterocycles. The zero-order valence-corrected chi connectivity index (χ0v) is 13.2. The van der Waals surface area contributed by atoms with E-state index in [2.05, 4.69) is 0 Å². The molecule has 21 heavy (non-hydrogen) atoms. The van der Waals surface area contributed by atoms with Crippen molar-refractivity contribution in [3.8, 4) is 5.75 Å². The molecule has 0 aliphatic carbocycles. The van der Waals surface area contributed by atoms with Gasteiger partial charge < -0.3 is 9.47 Å². The van der Waals surface area contributed by atoms with Crippen LogP contribution in [0.15, 0.2) is 17.0 Å². The van der Waals surface area contributed by atoms with Crippen molar-refractivity contribution in [3.63, 3.8) is 0 Å². The SMILES string of the molecule is CCOCCCOc1cc(C)c(S(=O)(=O)Cl)cc1[N+](=O)[O-]. The van der Waals surface area contributed by atoms with Gasteiger partial charge in [0.1, 0.15) is 0 Å². The molecule has 0 unspecified atom stereocenters. The predicted molar refractivity (Wildman–Crippen MR) is 77.5 cm³/mol. The van der Waals surface area contributed by atoms with Crippen molar-refractivity contribution in [1.82, 2.24) is 0 Å². The van der Waals surface area contributed by atoms with Gasteiger partial charge in [-0.15, -0.1) is 0 Å². The van der Waals surface area contributed by atoms with E-state index in [9.17, 15) is 18.5 Å². The minimum atomic E-state index is -4.05. The van der Waals surface area contributed by atoms with Crippen LogP contribution in [0.1, 0.15) is 18.9 Å². The summed E-state index contributed by atoms with van der Waals surface area (Å²) in [7, 11) is 1.20. The molecule has 0 atom stereocenters. The van der Waals surface area contributed by atoms with Gasteiger partial charge >= 0.3 is 5.69 Å². The third-order valence-corrected chi connectivity index (χ3v) is 4.07. The van der Waals surface area contributed by atoms with Crippen molar-refractivity contribution in [2.24, 2.45) is 0 Å². The Morgan fingerprint density at radius 1 is 1.33 bits per heavy atom. The second kappa shape index (κ2) is 7.58. The monoisotopic (exact) mass is 337 g/mol. The summed E-state index contributed by atoms with van der Waals surface area (Å²) in [6, 6.07) is 2.21. The number of hydrogen-bond donors (Lipinski definition) is 0. The third-order valence-electron chi connectivity index (χ3n) is 2.61. The molecule has 0 N–H and O–H groups in total. The van der Waals surface area contributed by atoms with Crippen molar-refractivity contribution < 1.29 is 22.8 Å². The van der Waals surface area contributed by atoms with E-state index in [0.717, 1.165) is 6.07 Å². The number of benzene rings is 1. The Kier molecular flexibility index (Phi) is 6.38. The van der Waals surface area contributed by atoms with Crippen molar-refractivity contribution in [2.75, 3.05) is 19.8 Å². The molecular weight excluding hydrogens is 322 g/mol. The Bertz CT molecular complexity index is 616. The highest BCUT2D eigenvalue weighted by atomic mass is 35.7. The van der Waals surface area contributed by atoms with Gasteiger partial charge in [0.15, 0.2) is 5.75 Å². The zero-order valence-electron chi connectivity index (χ0n) is 11.7. The molecule has 9 heteroatoms. The number of hydrogen-bond acceptors (Lipinski definition) is 6. The Morgan fingerprint density at radius 3 is 2.52 bits per heavy atom. The van der Waals surface area contributed by atoms with E-state index >= 15 is 0 Å². The molecule has 0 spiro atoms. The van der Waals surface area contributed by atoms with Crippen LogP contribution in [-0.2, 0) is 13.8 Å². The number of ether oxygens (including phenoxy) is 2. The van der Waals surface area contributed by atoms with Crippen molar-refractivity contribution in [1.29, 1.82) is 0 Å². The van der Waals surface area contributed by atoms with Crippen molar-refractivity contribution in [3.05, 3.63) is 27.8 Å². The average molecular weight is 338 g/mol. The largest absolute Gasteiger partial charge is 0.487 e. The number of halogens is 1. The molecule has 1 aromatic carbocycles. The molecule has 0 bridgehead atoms. The second-order valence-corrected chi connectivity index (χ2v) is 6.71. The molecule has 0 aromatic heterocycles. The van der Waals surface area contributed by atoms with Gasteiger partial charge in [-0.3, -0.25) is 10.1 Å². The first-order valence-electron chi connectivity index (χ1n) is 6.21. The first kappa shape index (κ1) is 17.7. The molecule has 0 radical (unpaired) electrons. The maximum absolute atomic E-state index is 11.4. The standard InChI is InChI=1S/C12H16ClNO6S/c1-3-19-5-4-6-20-11-7-9(2)12(21(13,17)18)8-10(11)14(15)16/h7-8H,3-6H2,1-2H3. The van der Waals surface area contributed by atoms with Gasteiger partial charge in [0.05, 0.1) is 16.4 Å². The highest BCUT2D eigenvalue weighted by Crippen LogP contribution is 2.33. The quantitative estimate of drug-likeness (QED) is 0.313. The van der Waals surface area contributed by atoms with E-state index in [0.29, 0.717) is 19.6 Å². The lowest BCUT2D eigenvalue weighted by atomic mass is 10.2. The fourth-order valence-electron chi connectivity index (χ4n) is 1.66. The van der Waals surface area contributed by atoms with E-state index in [4.69, 9.17) is 20.2 Å². The maximum atomic E-state index is 11.4. The minimum Gasteiger partial charge on any atom is -0.487 e. The van der Waals surface area contributed by atoms with Crippen LogP contribution in [0.4, 0.5) is 5.69 Å². The lowest BCUT2D eigenvalue weighted by Crippen LogP contribution is -2.06. The predicted octanol–water partition coefficient (Wildman–Crippen LogP) is 2.64. The lowest BCUT2D eigenvalue weighted by molar-refractivity contribution is -0.386. The number of nitrogens with zero attached hydrogens (tertiary/aromatic N) is 1. The molecule has 0 saturated carbocycles. The van der Waals surface area contributed by atoms with E-state index in [1.54, 1.807) is 0 Å². The van der Waals surface area contributed by atoms with E-state index in [1.165, 1.54) is 13.0 Å². The summed E-state index contributed by atoms with van der Waals surface area (Å²) in [4.78, 5) is 10.0. The Balaban J connectivity index is 2.99. The van der Waals surface area contributed by atoms with Gasteiger partial charge in [0.2, 0.25) is 0 Å². The van der Waals surface area contributed by atoms with Crippen LogP contribution in [-0.4, -0.2) is 33.2 Å². The van der Waals surface area contributed by atoms with Gasteiger partial charge in [0.25, 0.3) is 9.05 Å². The fraction of sp³-hybridized carbons (Fsp3) is 0.500. The van der Waals surface area contributed by atoms with Crippen molar-refractivity contribution in [2.45, 2.75) is 25.2 Å². The topological polar surface area (TPSA) is 95.7 Å². The van der Waals surface area contributed by atoms with Gasteiger partial charge in [-0.2, -0.15) is 0 Å². The summed E-state index contributed by atoms with van der Waals surface area (Å²) >= 11 is 0. The summed E-state index contributed by atoms with van der Waals surface area (Å²) in [5.41, 5.74) is -0.147. The summed E-state index contributed by atoms with van der Waals surface area (Å²) in [6.45, 7) is 4.65. The third kappa shape index (κ3) is 5.14. The number of aryl methyl sites for hydroxylation is 1. The zero-order chi connectivity index (χ0) is 16.0. The summed E-state index contributed by atoms with van der Waals surface area (Å²) in [6.07, 6.45) is 0.569. The molecule has 1 aromatic rings. The Hall–Kier alpha value is -1.38. The van der Waals surface area contributed by atoms with Crippen LogP contribution in [0.2, 0.25) is 0 Å². The van der Waals surface area contributed by atoms with Gasteiger partial charge in [0, 0.05) is 36.4 Å². The first-order valence-corrected chi connectivity index (χ1v) is 8.52. The van der Waals surface area contributed by atoms with Crippen LogP contribution >= 0.6 is 10.7 Å². The van der Waals surface area contributed by atoms with Crippen LogP contribution in [0.3, 0.4) is 0 Å². The number of nitro benzene ring substituents is 1. The van der Waals surface area contributed by atoms with Gasteiger partial charge in [-0.1, -0.05) is 0 Å². The van der Waals surface area contributed by atoms with Crippen molar-refractivity contribution >= 4 is 25.4 Å². The van der Waals surface area contributed by atoms with E-state index in [-0.39, 0.29) is 22.8 Å². The highest BCUT2D eigenvalue weighted by molar-refractivity contribution is 8.13. The lowest BCUT2D eigenvalue weighted by Gasteiger charge is -2.09. The van der Waals surface area contributed by atoms with Gasteiger partial charge in [-0.05, 0) is 25.5 Å². The molecule has 1 rings (SSSR count). The second-order valence-electron chi connectivity index (χ2n) is 4.18. The average Bonchev–Trinajstić information content (AvgIpc) is 2.36. The first-order chi connectivity index (χ1) is 9.77. The maximum Gasteiger partial charge on any atom is 0.312 e. The summed E-state index contributed by atoms with van der Waals surface area (Å²) in [5, 5.41) is 11.0. The molecule has 7 nitrogen and oxygen atoms in total. The summed E-state index contributed by atoms with van der Waals surface area (Å²) in [5.74, 6) is 0.0121. The van der Waals surface area contributed by atoms with E-state index < -0.39 is 19.7 Å². The fourth-order valence-corrected chi connectivity index (χ4v) is 2.85. The molecule has 0 amide bonds. The number of rotatable bonds is 8. The molecule has 0 aliphatic rings. The normalized spacial score (nSPS) is 11.4. The molecule has 0 aliphatic heterocycles. The molecule has 118 valence electrons. The van der Waals surface area contributed by atoms with E-state index in [1.807, 2.05) is 6.92 Å². The molecule has 0 heterocycles. The Morgan fingerprint density at radius 2 is 2.00 bits per heavy atom. The molecular formula is C12H16ClNO6S. The smallest absolute Gasteiger partial charge is 0.312 e.